The van der Waals surface area contributed by atoms with Crippen molar-refractivity contribution in [2.75, 3.05) is 18.5 Å². The first-order valence-electron chi connectivity index (χ1n) is 8.29. The molecule has 0 aliphatic heterocycles. The molecule has 1 amide bonds. The highest BCUT2D eigenvalue weighted by molar-refractivity contribution is 9.10. The van der Waals surface area contributed by atoms with Crippen LogP contribution >= 0.6 is 15.9 Å². The number of aromatic nitrogens is 2. The number of hydrogen-bond donors (Lipinski definition) is 1. The van der Waals surface area contributed by atoms with Gasteiger partial charge in [-0.05, 0) is 47.1 Å². The third-order valence-electron chi connectivity index (χ3n) is 3.75. The van der Waals surface area contributed by atoms with Crippen molar-refractivity contribution in [1.29, 1.82) is 5.26 Å². The first-order valence-corrected chi connectivity index (χ1v) is 9.08. The minimum Gasteiger partial charge on any atom is -0.482 e. The zero-order valence-electron chi connectivity index (χ0n) is 14.8. The molecule has 2 aromatic heterocycles. The van der Waals surface area contributed by atoms with Gasteiger partial charge in [-0.1, -0.05) is 6.07 Å². The SMILES string of the molecule is CCOC(=O)c1cnn2ccc(NC(=O)COc3cccc(Br)c3C#N)cc12. The molecule has 1 aromatic carbocycles. The summed E-state index contributed by atoms with van der Waals surface area (Å²) in [5, 5.41) is 16.0. The monoisotopic (exact) mass is 442 g/mol. The number of nitrogens with zero attached hydrogens (tertiary/aromatic N) is 3. The molecule has 2 heterocycles. The van der Waals surface area contributed by atoms with Crippen LogP contribution in [0.2, 0.25) is 0 Å². The molecule has 142 valence electrons. The van der Waals surface area contributed by atoms with Gasteiger partial charge in [-0.15, -0.1) is 0 Å². The number of fused-ring (bicyclic) bond motifs is 1. The lowest BCUT2D eigenvalue weighted by molar-refractivity contribution is -0.118. The standard InChI is InChI=1S/C19H15BrN4O4/c1-2-27-19(26)14-10-22-24-7-6-12(8-16(14)24)23-18(25)11-28-17-5-3-4-15(20)13(17)9-21/h3-8,10H,2,11H2,1H3,(H,23,25). The summed E-state index contributed by atoms with van der Waals surface area (Å²) in [4.78, 5) is 24.2. The van der Waals surface area contributed by atoms with E-state index in [1.807, 2.05) is 6.07 Å². The van der Waals surface area contributed by atoms with Gasteiger partial charge in [0.25, 0.3) is 5.91 Å². The smallest absolute Gasteiger partial charge is 0.341 e. The van der Waals surface area contributed by atoms with Crippen molar-refractivity contribution in [1.82, 2.24) is 9.61 Å². The number of carbonyl (C=O) groups excluding carboxylic acids is 2. The number of ether oxygens (including phenoxy) is 2. The van der Waals surface area contributed by atoms with Crippen molar-refractivity contribution in [2.45, 2.75) is 6.92 Å². The Morgan fingerprint density at radius 1 is 1.36 bits per heavy atom. The maximum absolute atomic E-state index is 12.2. The molecule has 3 rings (SSSR count). The van der Waals surface area contributed by atoms with Crippen molar-refractivity contribution >= 4 is 39.0 Å². The van der Waals surface area contributed by atoms with E-state index in [0.29, 0.717) is 32.6 Å². The first-order chi connectivity index (χ1) is 13.5. The molecule has 0 fully saturated rings. The Kier molecular flexibility index (Phi) is 5.91. The summed E-state index contributed by atoms with van der Waals surface area (Å²) in [5.74, 6) is -0.587. The number of esters is 1. The quantitative estimate of drug-likeness (QED) is 0.587. The summed E-state index contributed by atoms with van der Waals surface area (Å²) in [6.45, 7) is 1.70. The zero-order chi connectivity index (χ0) is 20.1. The van der Waals surface area contributed by atoms with Crippen LogP contribution in [0.4, 0.5) is 5.69 Å². The lowest BCUT2D eigenvalue weighted by Gasteiger charge is -2.10. The number of amides is 1. The fourth-order valence-electron chi connectivity index (χ4n) is 2.50. The van der Waals surface area contributed by atoms with Gasteiger partial charge in [-0.2, -0.15) is 10.4 Å². The topological polar surface area (TPSA) is 106 Å². The summed E-state index contributed by atoms with van der Waals surface area (Å²) >= 11 is 3.27. The predicted octanol–water partition coefficient (Wildman–Crippen LogP) is 3.16. The molecule has 3 aromatic rings. The van der Waals surface area contributed by atoms with E-state index < -0.39 is 11.9 Å². The minimum absolute atomic E-state index is 0.254. The van der Waals surface area contributed by atoms with Crippen molar-refractivity contribution in [3.63, 3.8) is 0 Å². The zero-order valence-corrected chi connectivity index (χ0v) is 16.4. The second-order valence-corrected chi connectivity index (χ2v) is 6.44. The highest BCUT2D eigenvalue weighted by Gasteiger charge is 2.15. The van der Waals surface area contributed by atoms with E-state index in [1.54, 1.807) is 43.5 Å². The lowest BCUT2D eigenvalue weighted by Crippen LogP contribution is -2.20. The summed E-state index contributed by atoms with van der Waals surface area (Å²) in [6, 6.07) is 10.3. The molecule has 8 nitrogen and oxygen atoms in total. The van der Waals surface area contributed by atoms with E-state index in [4.69, 9.17) is 9.47 Å². The van der Waals surface area contributed by atoms with E-state index in [1.165, 1.54) is 10.7 Å². The number of nitriles is 1. The number of pyridine rings is 1. The largest absolute Gasteiger partial charge is 0.482 e. The van der Waals surface area contributed by atoms with Crippen molar-refractivity contribution < 1.29 is 19.1 Å². The number of halogens is 1. The van der Waals surface area contributed by atoms with Crippen molar-refractivity contribution in [2.24, 2.45) is 0 Å². The van der Waals surface area contributed by atoms with Gasteiger partial charge in [-0.25, -0.2) is 9.31 Å². The van der Waals surface area contributed by atoms with Gasteiger partial charge in [-0.3, -0.25) is 4.79 Å². The average molecular weight is 443 g/mol. The number of hydrogen-bond acceptors (Lipinski definition) is 6. The second kappa shape index (κ2) is 8.54. The van der Waals surface area contributed by atoms with Gasteiger partial charge in [0.2, 0.25) is 0 Å². The predicted molar refractivity (Wildman–Crippen MR) is 104 cm³/mol. The third kappa shape index (κ3) is 4.13. The minimum atomic E-state index is -0.483. The fourth-order valence-corrected chi connectivity index (χ4v) is 2.93. The van der Waals surface area contributed by atoms with Crippen LogP contribution in [0.5, 0.6) is 5.75 Å². The molecule has 28 heavy (non-hydrogen) atoms. The first kappa shape index (κ1) is 19.4. The summed E-state index contributed by atoms with van der Waals surface area (Å²) < 4.78 is 12.6. The molecular weight excluding hydrogens is 428 g/mol. The second-order valence-electron chi connectivity index (χ2n) is 5.59. The molecule has 9 heteroatoms. The maximum Gasteiger partial charge on any atom is 0.341 e. The Morgan fingerprint density at radius 2 is 2.18 bits per heavy atom. The van der Waals surface area contributed by atoms with Gasteiger partial charge >= 0.3 is 5.97 Å². The Hall–Kier alpha value is -3.38. The molecule has 1 N–H and O–H groups in total. The molecule has 0 aliphatic rings. The fraction of sp³-hybridized carbons (Fsp3) is 0.158. The van der Waals surface area contributed by atoms with Crippen LogP contribution in [-0.4, -0.2) is 34.7 Å². The summed E-state index contributed by atoms with van der Waals surface area (Å²) in [7, 11) is 0. The molecule has 0 unspecified atom stereocenters. The van der Waals surface area contributed by atoms with E-state index in [0.717, 1.165) is 0 Å². The number of rotatable bonds is 6. The molecular formula is C19H15BrN4O4. The van der Waals surface area contributed by atoms with E-state index in [-0.39, 0.29) is 13.2 Å². The van der Waals surface area contributed by atoms with Crippen molar-refractivity contribution in [3.05, 3.63) is 58.3 Å². The molecule has 0 aliphatic carbocycles. The molecule has 0 spiro atoms. The van der Waals surface area contributed by atoms with E-state index in [9.17, 15) is 14.9 Å². The van der Waals surface area contributed by atoms with Crippen LogP contribution in [0.25, 0.3) is 5.52 Å². The Morgan fingerprint density at radius 3 is 2.93 bits per heavy atom. The molecule has 0 saturated carbocycles. The average Bonchev–Trinajstić information content (AvgIpc) is 3.10. The van der Waals surface area contributed by atoms with E-state index in [2.05, 4.69) is 26.3 Å². The van der Waals surface area contributed by atoms with Crippen LogP contribution in [-0.2, 0) is 9.53 Å². The van der Waals surface area contributed by atoms with Gasteiger partial charge in [0.1, 0.15) is 22.9 Å². The Labute approximate surface area is 168 Å². The van der Waals surface area contributed by atoms with Gasteiger partial charge < -0.3 is 14.8 Å². The van der Waals surface area contributed by atoms with Gasteiger partial charge in [0, 0.05) is 16.4 Å². The van der Waals surface area contributed by atoms with Gasteiger partial charge in [0.05, 0.1) is 18.3 Å². The van der Waals surface area contributed by atoms with Crippen LogP contribution in [0.3, 0.4) is 0 Å². The molecule has 0 bridgehead atoms. The van der Waals surface area contributed by atoms with Crippen LogP contribution in [0, 0.1) is 11.3 Å². The molecule has 0 radical (unpaired) electrons. The Bertz CT molecular complexity index is 1090. The highest BCUT2D eigenvalue weighted by atomic mass is 79.9. The number of carbonyl (C=O) groups is 2. The lowest BCUT2D eigenvalue weighted by atomic mass is 10.2. The highest BCUT2D eigenvalue weighted by Crippen LogP contribution is 2.25. The Balaban J connectivity index is 1.71. The van der Waals surface area contributed by atoms with E-state index >= 15 is 0 Å². The molecule has 0 atom stereocenters. The van der Waals surface area contributed by atoms with Crippen LogP contribution in [0.15, 0.2) is 47.2 Å². The van der Waals surface area contributed by atoms with Crippen LogP contribution in [0.1, 0.15) is 22.8 Å². The number of benzene rings is 1. The third-order valence-corrected chi connectivity index (χ3v) is 4.41. The maximum atomic E-state index is 12.2. The van der Waals surface area contributed by atoms with Crippen molar-refractivity contribution in [3.8, 4) is 11.8 Å². The van der Waals surface area contributed by atoms with Crippen LogP contribution < -0.4 is 10.1 Å². The number of anilines is 1. The summed E-state index contributed by atoms with van der Waals surface area (Å²) in [5.41, 5.74) is 1.61. The molecule has 0 saturated heterocycles. The normalized spacial score (nSPS) is 10.3. The number of nitrogens with one attached hydrogen (secondary N) is 1. The van der Waals surface area contributed by atoms with Gasteiger partial charge in [0.15, 0.2) is 6.61 Å². The summed E-state index contributed by atoms with van der Waals surface area (Å²) in [6.07, 6.45) is 3.04.